The Hall–Kier alpha value is -4.15. The van der Waals surface area contributed by atoms with Crippen molar-refractivity contribution in [2.24, 2.45) is 29.6 Å². The highest BCUT2D eigenvalue weighted by Gasteiger charge is 2.69. The van der Waals surface area contributed by atoms with Gasteiger partial charge in [0.25, 0.3) is 5.91 Å². The first-order valence-electron chi connectivity index (χ1n) is 15.2. The number of benzene rings is 3. The first-order chi connectivity index (χ1) is 21.8. The number of hydrogen-bond acceptors (Lipinski definition) is 7. The molecule has 0 radical (unpaired) electrons. The van der Waals surface area contributed by atoms with Crippen molar-refractivity contribution in [2.45, 2.75) is 36.5 Å². The number of anilines is 2. The van der Waals surface area contributed by atoms with Crippen molar-refractivity contribution in [1.82, 2.24) is 4.98 Å². The Labute approximate surface area is 268 Å². The van der Waals surface area contributed by atoms with E-state index in [4.69, 9.17) is 4.74 Å². The number of H-pyrrole nitrogens is 1. The lowest BCUT2D eigenvalue weighted by Crippen LogP contribution is -2.42. The quantitative estimate of drug-likeness (QED) is 0.261. The second kappa shape index (κ2) is 10.7. The van der Waals surface area contributed by atoms with Crippen molar-refractivity contribution >= 4 is 52.2 Å². The highest BCUT2D eigenvalue weighted by atomic mass is 32.2. The number of carbonyl (C=O) groups excluding carboxylic acids is 3. The minimum absolute atomic E-state index is 0.0427. The maximum absolute atomic E-state index is 13.9. The van der Waals surface area contributed by atoms with E-state index in [1.807, 2.05) is 86.6 Å². The van der Waals surface area contributed by atoms with E-state index in [0.717, 1.165) is 33.0 Å². The van der Waals surface area contributed by atoms with Crippen LogP contribution in [0.25, 0.3) is 0 Å². The molecule has 2 N–H and O–H groups in total. The summed E-state index contributed by atoms with van der Waals surface area (Å²) in [5.74, 6) is -0.394. The minimum atomic E-state index is -0.347. The largest absolute Gasteiger partial charge is 0.484 e. The number of aromatic amines is 1. The first kappa shape index (κ1) is 28.3. The molecule has 2 aliphatic heterocycles. The van der Waals surface area contributed by atoms with Crippen LogP contribution in [0, 0.1) is 43.4 Å². The van der Waals surface area contributed by atoms with Crippen molar-refractivity contribution in [3.05, 3.63) is 104 Å². The zero-order valence-electron chi connectivity index (χ0n) is 24.7. The van der Waals surface area contributed by atoms with E-state index in [1.54, 1.807) is 11.8 Å². The third-order valence-electron chi connectivity index (χ3n) is 9.96. The second-order valence-corrected chi connectivity index (χ2v) is 14.8. The van der Waals surface area contributed by atoms with Gasteiger partial charge in [0.2, 0.25) is 11.8 Å². The van der Waals surface area contributed by atoms with E-state index in [1.165, 1.54) is 16.2 Å². The lowest BCUT2D eigenvalue weighted by Gasteiger charge is -2.43. The first-order valence-corrected chi connectivity index (χ1v) is 16.9. The molecule has 8 nitrogen and oxygen atoms in total. The predicted molar refractivity (Wildman–Crippen MR) is 174 cm³/mol. The fraction of sp³-hybridized carbons (Fsp3) is 0.314. The number of imide groups is 1. The molecular formula is C35H31N3O5S2. The molecule has 3 fully saturated rings. The van der Waals surface area contributed by atoms with Crippen LogP contribution < -0.4 is 19.8 Å². The van der Waals surface area contributed by atoms with Crippen LogP contribution in [0.2, 0.25) is 0 Å². The fourth-order valence-electron chi connectivity index (χ4n) is 8.09. The van der Waals surface area contributed by atoms with Crippen molar-refractivity contribution in [2.75, 3.05) is 16.8 Å². The normalized spacial score (nSPS) is 27.7. The van der Waals surface area contributed by atoms with Crippen molar-refractivity contribution < 1.29 is 19.1 Å². The standard InChI is InChI=1S/C35H31N3O5S2/c1-17-3-9-20(10-4-17)36-25(39)16-43-22-13-7-19(8-14-22)26-27-23-15-24(30(27)44-32-31(26)45-35(42)37-32)29-28(23)33(40)38(34(29)41)21-11-5-18(2)6-12-21/h3-14,23-24,26-30H,15-16H2,1-2H3,(H,36,39)(H,37,42)/t23-,24-,26+,27-,28+,29+,30-/m1/s1. The number of ether oxygens (including phenoxy) is 1. The van der Waals surface area contributed by atoms with Crippen molar-refractivity contribution in [1.29, 1.82) is 0 Å². The smallest absolute Gasteiger partial charge is 0.305 e. The summed E-state index contributed by atoms with van der Waals surface area (Å²) >= 11 is 2.92. The van der Waals surface area contributed by atoms with Gasteiger partial charge in [0.15, 0.2) is 6.61 Å². The summed E-state index contributed by atoms with van der Waals surface area (Å²) < 4.78 is 5.80. The predicted octanol–water partition coefficient (Wildman–Crippen LogP) is 5.75. The SMILES string of the molecule is Cc1ccc(NC(=O)COc2ccc([C@@H]3c4sc(=O)[nH]c4S[C@@H]4[C@@H]5C[C@@H]([C@@H]6C(=O)N(c7ccc(C)cc7)C(=O)[C@@H]56)[C@H]34)cc2)cc1. The maximum Gasteiger partial charge on any atom is 0.305 e. The Morgan fingerprint density at radius 1 is 0.889 bits per heavy atom. The molecule has 3 heterocycles. The van der Waals surface area contributed by atoms with Gasteiger partial charge in [-0.3, -0.25) is 24.1 Å². The molecular weight excluding hydrogens is 607 g/mol. The van der Waals surface area contributed by atoms with Gasteiger partial charge >= 0.3 is 4.87 Å². The number of aromatic nitrogens is 1. The summed E-state index contributed by atoms with van der Waals surface area (Å²) in [7, 11) is 0. The second-order valence-electron chi connectivity index (χ2n) is 12.6. The number of amides is 3. The number of nitrogens with zero attached hydrogens (tertiary/aromatic N) is 1. The lowest BCUT2D eigenvalue weighted by molar-refractivity contribution is -0.123. The topological polar surface area (TPSA) is 109 Å². The summed E-state index contributed by atoms with van der Waals surface area (Å²) in [6, 6.07) is 22.9. The zero-order chi connectivity index (χ0) is 31.0. The molecule has 8 rings (SSSR count). The molecule has 0 unspecified atom stereocenters. The molecule has 45 heavy (non-hydrogen) atoms. The number of rotatable bonds is 6. The Balaban J connectivity index is 1.05. The zero-order valence-corrected chi connectivity index (χ0v) is 26.3. The van der Waals surface area contributed by atoms with Gasteiger partial charge in [0.1, 0.15) is 5.75 Å². The Bertz CT molecular complexity index is 1880. The van der Waals surface area contributed by atoms with Crippen LogP contribution in [0.4, 0.5) is 11.4 Å². The Kier molecular flexibility index (Phi) is 6.76. The van der Waals surface area contributed by atoms with Crippen LogP contribution in [-0.4, -0.2) is 34.6 Å². The molecule has 1 saturated heterocycles. The highest BCUT2D eigenvalue weighted by Crippen LogP contribution is 2.68. The van der Waals surface area contributed by atoms with Crippen molar-refractivity contribution in [3.63, 3.8) is 0 Å². The number of hydrogen-bond donors (Lipinski definition) is 2. The summed E-state index contributed by atoms with van der Waals surface area (Å²) in [6.45, 7) is 3.85. The van der Waals surface area contributed by atoms with Gasteiger partial charge in [-0.15, -0.1) is 11.8 Å². The molecule has 3 aromatic carbocycles. The van der Waals surface area contributed by atoms with E-state index >= 15 is 0 Å². The Morgan fingerprint density at radius 3 is 2.22 bits per heavy atom. The molecule has 0 spiro atoms. The van der Waals surface area contributed by atoms with Gasteiger partial charge in [0, 0.05) is 21.7 Å². The average molecular weight is 638 g/mol. The number of carbonyl (C=O) groups is 3. The summed E-state index contributed by atoms with van der Waals surface area (Å²) in [5, 5.41) is 3.84. The lowest BCUT2D eigenvalue weighted by atomic mass is 9.68. The van der Waals surface area contributed by atoms with Crippen LogP contribution in [0.5, 0.6) is 5.75 Å². The summed E-state index contributed by atoms with van der Waals surface area (Å²) in [5.41, 5.74) is 4.58. The van der Waals surface area contributed by atoms with E-state index in [-0.39, 0.29) is 70.0 Å². The molecule has 7 atom stereocenters. The molecule has 3 amide bonds. The average Bonchev–Trinajstić information content (AvgIpc) is 3.77. The summed E-state index contributed by atoms with van der Waals surface area (Å²) in [4.78, 5) is 58.2. The van der Waals surface area contributed by atoms with Gasteiger partial charge < -0.3 is 15.0 Å². The monoisotopic (exact) mass is 637 g/mol. The van der Waals surface area contributed by atoms with Crippen LogP contribution in [0.15, 0.2) is 82.6 Å². The van der Waals surface area contributed by atoms with Gasteiger partial charge in [0.05, 0.1) is 22.5 Å². The number of fused-ring (bicyclic) bond motifs is 9. The molecule has 228 valence electrons. The molecule has 10 heteroatoms. The molecule has 2 aliphatic carbocycles. The van der Waals surface area contributed by atoms with E-state index in [0.29, 0.717) is 17.1 Å². The van der Waals surface area contributed by atoms with E-state index in [2.05, 4.69) is 10.3 Å². The molecule has 4 aromatic rings. The van der Waals surface area contributed by atoms with E-state index < -0.39 is 0 Å². The van der Waals surface area contributed by atoms with Crippen LogP contribution in [-0.2, 0) is 14.4 Å². The molecule has 4 aliphatic rings. The number of thiazole rings is 1. The highest BCUT2D eigenvalue weighted by molar-refractivity contribution is 8.00. The maximum atomic E-state index is 13.9. The van der Waals surface area contributed by atoms with E-state index in [9.17, 15) is 19.2 Å². The van der Waals surface area contributed by atoms with Gasteiger partial charge in [-0.25, -0.2) is 0 Å². The van der Waals surface area contributed by atoms with Crippen LogP contribution >= 0.6 is 23.1 Å². The molecule has 2 saturated carbocycles. The fourth-order valence-corrected chi connectivity index (χ4v) is 11.0. The van der Waals surface area contributed by atoms with Gasteiger partial charge in [-0.2, -0.15) is 0 Å². The molecule has 1 aromatic heterocycles. The van der Waals surface area contributed by atoms with Crippen molar-refractivity contribution in [3.8, 4) is 5.75 Å². The number of thioether (sulfide) groups is 1. The third-order valence-corrected chi connectivity index (χ3v) is 12.5. The number of nitrogens with one attached hydrogen (secondary N) is 2. The Morgan fingerprint density at radius 2 is 1.53 bits per heavy atom. The summed E-state index contributed by atoms with van der Waals surface area (Å²) in [6.07, 6.45) is 0.837. The number of aryl methyl sites for hydroxylation is 2. The minimum Gasteiger partial charge on any atom is -0.484 e. The van der Waals surface area contributed by atoms with Crippen LogP contribution in [0.1, 0.15) is 33.9 Å². The third kappa shape index (κ3) is 4.65. The molecule has 2 bridgehead atoms. The van der Waals surface area contributed by atoms with Gasteiger partial charge in [-0.05, 0) is 80.0 Å². The van der Waals surface area contributed by atoms with Gasteiger partial charge in [-0.1, -0.05) is 58.9 Å². The van der Waals surface area contributed by atoms with Crippen LogP contribution in [0.3, 0.4) is 0 Å².